The highest BCUT2D eigenvalue weighted by molar-refractivity contribution is 5.96. The van der Waals surface area contributed by atoms with E-state index >= 15 is 0 Å². The van der Waals surface area contributed by atoms with Gasteiger partial charge in [-0.05, 0) is 37.5 Å². The molecule has 4 rings (SSSR count). The molecule has 1 saturated carbocycles. The molecule has 0 spiro atoms. The summed E-state index contributed by atoms with van der Waals surface area (Å²) in [4.78, 5) is 26.8. The van der Waals surface area contributed by atoms with Crippen molar-refractivity contribution in [1.29, 1.82) is 0 Å². The zero-order valence-corrected chi connectivity index (χ0v) is 15.2. The molecule has 1 fully saturated rings. The molecule has 27 heavy (non-hydrogen) atoms. The number of carbonyl (C=O) groups is 2. The number of rotatable bonds is 4. The lowest BCUT2D eigenvalue weighted by Crippen LogP contribution is -2.38. The molecule has 2 aliphatic rings. The first-order valence-electron chi connectivity index (χ1n) is 9.52. The largest absolute Gasteiger partial charge is 0.507 e. The molecule has 2 amide bonds. The molecular weight excluding hydrogens is 344 g/mol. The van der Waals surface area contributed by atoms with Crippen LogP contribution in [0.1, 0.15) is 47.4 Å². The molecule has 2 aromatic rings. The lowest BCUT2D eigenvalue weighted by Gasteiger charge is -2.30. The molecule has 7 heteroatoms. The molecule has 1 aliphatic carbocycles. The number of phenols is 1. The minimum atomic E-state index is -0.335. The number of benzene rings is 1. The van der Waals surface area contributed by atoms with E-state index in [1.807, 2.05) is 15.6 Å². The van der Waals surface area contributed by atoms with Crippen LogP contribution in [0.5, 0.6) is 5.75 Å². The van der Waals surface area contributed by atoms with E-state index in [-0.39, 0.29) is 35.6 Å². The van der Waals surface area contributed by atoms with Gasteiger partial charge in [-0.3, -0.25) is 14.3 Å². The Bertz CT molecular complexity index is 857. The van der Waals surface area contributed by atoms with E-state index in [0.29, 0.717) is 6.54 Å². The first-order chi connectivity index (χ1) is 13.1. The van der Waals surface area contributed by atoms with Crippen molar-refractivity contribution in [3.05, 3.63) is 47.3 Å². The van der Waals surface area contributed by atoms with Crippen LogP contribution in [0, 0.1) is 5.92 Å². The number of phenolic OH excluding ortho intramolecular Hbond substituents is 1. The Morgan fingerprint density at radius 1 is 1.19 bits per heavy atom. The van der Waals surface area contributed by atoms with Crippen LogP contribution in [0.25, 0.3) is 0 Å². The summed E-state index contributed by atoms with van der Waals surface area (Å²) in [6.07, 6.45) is 4.07. The van der Waals surface area contributed by atoms with Gasteiger partial charge in [0, 0.05) is 19.0 Å². The third-order valence-corrected chi connectivity index (χ3v) is 5.41. The van der Waals surface area contributed by atoms with E-state index in [9.17, 15) is 14.7 Å². The highest BCUT2D eigenvalue weighted by Gasteiger charge is 2.30. The molecule has 142 valence electrons. The van der Waals surface area contributed by atoms with Gasteiger partial charge in [0.25, 0.3) is 5.91 Å². The maximum atomic E-state index is 12.6. The number of hydrogen-bond donors (Lipinski definition) is 2. The number of nitrogens with zero attached hydrogens (tertiary/aromatic N) is 3. The van der Waals surface area contributed by atoms with E-state index in [1.165, 1.54) is 6.07 Å². The fraction of sp³-hybridized carbons (Fsp3) is 0.450. The van der Waals surface area contributed by atoms with Crippen molar-refractivity contribution in [2.45, 2.75) is 45.3 Å². The van der Waals surface area contributed by atoms with Gasteiger partial charge in [-0.2, -0.15) is 5.10 Å². The van der Waals surface area contributed by atoms with E-state index in [0.717, 1.165) is 50.2 Å². The number of aromatic nitrogens is 2. The average Bonchev–Trinajstić information content (AvgIpc) is 2.88. The van der Waals surface area contributed by atoms with Crippen molar-refractivity contribution in [1.82, 2.24) is 20.0 Å². The maximum absolute atomic E-state index is 12.6. The van der Waals surface area contributed by atoms with Gasteiger partial charge in [-0.25, -0.2) is 0 Å². The minimum absolute atomic E-state index is 0.0410. The molecule has 1 aromatic heterocycles. The van der Waals surface area contributed by atoms with E-state index < -0.39 is 0 Å². The summed E-state index contributed by atoms with van der Waals surface area (Å²) in [5, 5.41) is 17.1. The summed E-state index contributed by atoms with van der Waals surface area (Å²) >= 11 is 0. The number of amides is 2. The molecule has 2 heterocycles. The van der Waals surface area contributed by atoms with Gasteiger partial charge in [-0.15, -0.1) is 0 Å². The number of para-hydroxylation sites is 1. The predicted octanol–water partition coefficient (Wildman–Crippen LogP) is 2.05. The lowest BCUT2D eigenvalue weighted by atomic mass is 9.84. The van der Waals surface area contributed by atoms with Crippen LogP contribution in [-0.2, 0) is 24.4 Å². The number of fused-ring (bicyclic) bond motifs is 1. The van der Waals surface area contributed by atoms with Gasteiger partial charge in [0.1, 0.15) is 5.75 Å². The number of hydrogen-bond acceptors (Lipinski definition) is 4. The van der Waals surface area contributed by atoms with Crippen LogP contribution in [0.15, 0.2) is 30.3 Å². The van der Waals surface area contributed by atoms with Crippen molar-refractivity contribution >= 4 is 11.8 Å². The fourth-order valence-corrected chi connectivity index (χ4v) is 3.64. The number of nitrogens with one attached hydrogen (secondary N) is 1. The van der Waals surface area contributed by atoms with Crippen molar-refractivity contribution < 1.29 is 14.7 Å². The molecule has 2 N–H and O–H groups in total. The van der Waals surface area contributed by atoms with Crippen LogP contribution in [0.2, 0.25) is 0 Å². The molecule has 0 unspecified atom stereocenters. The fourth-order valence-electron chi connectivity index (χ4n) is 3.64. The van der Waals surface area contributed by atoms with Crippen LogP contribution in [-0.4, -0.2) is 38.1 Å². The Balaban J connectivity index is 1.41. The summed E-state index contributed by atoms with van der Waals surface area (Å²) in [6.45, 7) is 2.41. The Labute approximate surface area is 158 Å². The lowest BCUT2D eigenvalue weighted by molar-refractivity contribution is -0.138. The zero-order chi connectivity index (χ0) is 18.8. The van der Waals surface area contributed by atoms with Crippen LogP contribution in [0.4, 0.5) is 0 Å². The van der Waals surface area contributed by atoms with Gasteiger partial charge in [0.05, 0.1) is 30.0 Å². The SMILES string of the molecule is O=C(NCc1cc2n(n1)CCCN(C(=O)C1CCC1)C2)c1ccccc1O. The average molecular weight is 368 g/mol. The van der Waals surface area contributed by atoms with E-state index in [2.05, 4.69) is 10.4 Å². The number of carbonyl (C=O) groups excluding carboxylic acids is 2. The Kier molecular flexibility index (Phi) is 4.83. The summed E-state index contributed by atoms with van der Waals surface area (Å²) in [5.41, 5.74) is 2.01. The Morgan fingerprint density at radius 2 is 2.00 bits per heavy atom. The second kappa shape index (κ2) is 7.42. The minimum Gasteiger partial charge on any atom is -0.507 e. The highest BCUT2D eigenvalue weighted by atomic mass is 16.3. The second-order valence-corrected chi connectivity index (χ2v) is 7.29. The molecule has 0 saturated heterocycles. The van der Waals surface area contributed by atoms with Crippen molar-refractivity contribution in [2.24, 2.45) is 5.92 Å². The number of aryl methyl sites for hydroxylation is 1. The normalized spacial score (nSPS) is 17.0. The topological polar surface area (TPSA) is 87.5 Å². The second-order valence-electron chi connectivity index (χ2n) is 7.29. The quantitative estimate of drug-likeness (QED) is 0.865. The number of aromatic hydroxyl groups is 1. The van der Waals surface area contributed by atoms with Gasteiger partial charge in [-0.1, -0.05) is 18.6 Å². The molecule has 0 atom stereocenters. The first-order valence-corrected chi connectivity index (χ1v) is 9.52. The molecule has 0 bridgehead atoms. The first kappa shape index (κ1) is 17.6. The van der Waals surface area contributed by atoms with E-state index in [1.54, 1.807) is 18.2 Å². The smallest absolute Gasteiger partial charge is 0.255 e. The van der Waals surface area contributed by atoms with Crippen LogP contribution in [0.3, 0.4) is 0 Å². The standard InChI is InChI=1S/C20H24N4O3/c25-18-8-2-1-7-17(18)19(26)21-12-15-11-16-13-23(9-4-10-24(16)22-15)20(27)14-5-3-6-14/h1-2,7-8,11,14,25H,3-6,9-10,12-13H2,(H,21,26). The van der Waals surface area contributed by atoms with Crippen molar-refractivity contribution in [3.63, 3.8) is 0 Å². The third kappa shape index (κ3) is 3.67. The van der Waals surface area contributed by atoms with Crippen LogP contribution < -0.4 is 5.32 Å². The van der Waals surface area contributed by atoms with Crippen molar-refractivity contribution in [2.75, 3.05) is 6.54 Å². The van der Waals surface area contributed by atoms with Gasteiger partial charge in [0.2, 0.25) is 5.91 Å². The predicted molar refractivity (Wildman–Crippen MR) is 98.9 cm³/mol. The van der Waals surface area contributed by atoms with Gasteiger partial charge < -0.3 is 15.3 Å². The summed E-state index contributed by atoms with van der Waals surface area (Å²) in [7, 11) is 0. The summed E-state index contributed by atoms with van der Waals surface area (Å²) in [5.74, 6) is 0.0981. The molecule has 1 aromatic carbocycles. The summed E-state index contributed by atoms with van der Waals surface area (Å²) < 4.78 is 1.94. The highest BCUT2D eigenvalue weighted by Crippen LogP contribution is 2.29. The molecule has 1 aliphatic heterocycles. The summed E-state index contributed by atoms with van der Waals surface area (Å²) in [6, 6.07) is 8.41. The van der Waals surface area contributed by atoms with Gasteiger partial charge >= 0.3 is 0 Å². The molecule has 7 nitrogen and oxygen atoms in total. The molecular formula is C20H24N4O3. The Morgan fingerprint density at radius 3 is 2.74 bits per heavy atom. The monoisotopic (exact) mass is 368 g/mol. The zero-order valence-electron chi connectivity index (χ0n) is 15.2. The van der Waals surface area contributed by atoms with Gasteiger partial charge in [0.15, 0.2) is 0 Å². The third-order valence-electron chi connectivity index (χ3n) is 5.41. The Hall–Kier alpha value is -2.83. The maximum Gasteiger partial charge on any atom is 0.255 e. The molecule has 0 radical (unpaired) electrons. The van der Waals surface area contributed by atoms with Crippen molar-refractivity contribution in [3.8, 4) is 5.75 Å². The van der Waals surface area contributed by atoms with Crippen LogP contribution >= 0.6 is 0 Å². The van der Waals surface area contributed by atoms with E-state index in [4.69, 9.17) is 0 Å².